The molecule has 0 N–H and O–H groups in total. The first-order valence-electron chi connectivity index (χ1n) is 26.7. The molecule has 0 bridgehead atoms. The number of para-hydroxylation sites is 1. The fourth-order valence-corrected chi connectivity index (χ4v) is 16.4. The van der Waals surface area contributed by atoms with Crippen LogP contribution < -0.4 is 14.4 Å². The number of hydrogen-bond acceptors (Lipinski definition) is 3. The summed E-state index contributed by atoms with van der Waals surface area (Å²) in [6.07, 6.45) is 13.7. The molecule has 2 unspecified atom stereocenters. The maximum Gasteiger partial charge on any atom is 0.193 e. The topological polar surface area (TPSA) is 21.7 Å². The van der Waals surface area contributed by atoms with Gasteiger partial charge in [0.1, 0.15) is 0 Å². The number of halogens is 1. The van der Waals surface area contributed by atoms with Gasteiger partial charge in [0.2, 0.25) is 0 Å². The van der Waals surface area contributed by atoms with E-state index < -0.39 is 10.8 Å². The van der Waals surface area contributed by atoms with E-state index in [0.717, 1.165) is 22.7 Å². The van der Waals surface area contributed by atoms with Gasteiger partial charge >= 0.3 is 0 Å². The Labute approximate surface area is 457 Å². The van der Waals surface area contributed by atoms with Gasteiger partial charge < -0.3 is 14.4 Å². The number of ether oxygens (including phenoxy) is 2. The molecule has 362 valence electrons. The van der Waals surface area contributed by atoms with Gasteiger partial charge in [0.15, 0.2) is 23.0 Å². The normalized spacial score (nSPS) is 17.7. The van der Waals surface area contributed by atoms with Gasteiger partial charge in [-0.05, 0) is 139 Å². The number of fused-ring (bicyclic) bond motifs is 23. The zero-order chi connectivity index (χ0) is 50.4. The van der Waals surface area contributed by atoms with Crippen molar-refractivity contribution in [3.05, 3.63) is 309 Å². The molecular weight excluding hydrogens is 1050 g/mol. The van der Waals surface area contributed by atoms with Crippen LogP contribution >= 0.6 is 20.7 Å². The lowest BCUT2D eigenvalue weighted by atomic mass is 9.70. The number of nitrogens with zero attached hydrogens (tertiary/aromatic N) is 1. The van der Waals surface area contributed by atoms with Crippen LogP contribution in [-0.4, -0.2) is 10.1 Å². The molecule has 10 aromatic carbocycles. The lowest BCUT2D eigenvalue weighted by Gasteiger charge is -2.39. The monoisotopic (exact) mass is 1100 g/mol. The van der Waals surface area contributed by atoms with Crippen LogP contribution in [0.4, 0.5) is 11.4 Å². The highest BCUT2D eigenvalue weighted by Gasteiger charge is 2.54. The molecule has 0 aromatic heterocycles. The SMILES string of the molecule is C1=CC(C2C=CC=CC2N(c2ccc(-c3cccc4c3-c3ccccc3C43c4ccccc4-c4ccccc43)cc2)c2cccc3c2Oc2ccc4c(c2O3)-c2ccccc2C42c3ccccc3-c3ccccc32)=CI=C1. The Morgan fingerprint density at radius 3 is 1.45 bits per heavy atom. The second kappa shape index (κ2) is 16.3. The summed E-state index contributed by atoms with van der Waals surface area (Å²) in [5.74, 6) is 2.98. The van der Waals surface area contributed by atoms with Crippen molar-refractivity contribution >= 4 is 36.1 Å². The Hall–Kier alpha value is -8.84. The van der Waals surface area contributed by atoms with E-state index in [2.05, 4.69) is 268 Å². The van der Waals surface area contributed by atoms with Crippen LogP contribution in [-0.2, 0) is 10.8 Å². The molecule has 17 rings (SSSR count). The molecule has 0 saturated carbocycles. The molecule has 2 atom stereocenters. The van der Waals surface area contributed by atoms with Gasteiger partial charge in [0.25, 0.3) is 0 Å². The minimum atomic E-state index is -0.487. The van der Waals surface area contributed by atoms with E-state index in [1.54, 1.807) is 0 Å². The van der Waals surface area contributed by atoms with Crippen LogP contribution in [0.3, 0.4) is 0 Å². The van der Waals surface area contributed by atoms with Crippen molar-refractivity contribution < 1.29 is 9.47 Å². The molecule has 4 heteroatoms. The van der Waals surface area contributed by atoms with Gasteiger partial charge in [0.05, 0.1) is 22.6 Å². The highest BCUT2D eigenvalue weighted by Crippen LogP contribution is 2.68. The molecule has 0 radical (unpaired) electrons. The Bertz CT molecular complexity index is 4290. The molecule has 7 aliphatic rings. The van der Waals surface area contributed by atoms with Crippen LogP contribution in [0, 0.1) is 5.92 Å². The third-order valence-electron chi connectivity index (χ3n) is 17.6. The fourth-order valence-electron chi connectivity index (χ4n) is 14.7. The molecule has 3 nitrogen and oxygen atoms in total. The summed E-state index contributed by atoms with van der Waals surface area (Å²) in [6.45, 7) is 0. The predicted octanol–water partition coefficient (Wildman–Crippen LogP) is 18.4. The van der Waals surface area contributed by atoms with Crippen LogP contribution in [0.2, 0.25) is 0 Å². The van der Waals surface area contributed by atoms with E-state index in [1.165, 1.54) is 100 Å². The minimum absolute atomic E-state index is 0.0650. The summed E-state index contributed by atoms with van der Waals surface area (Å²) in [6, 6.07) is 81.0. The number of allylic oxidation sites excluding steroid dienone is 4. The zero-order valence-electron chi connectivity index (χ0n) is 41.7. The molecule has 2 aliphatic heterocycles. The third-order valence-corrected chi connectivity index (χ3v) is 19.5. The number of rotatable bonds is 5. The number of anilines is 2. The smallest absolute Gasteiger partial charge is 0.193 e. The van der Waals surface area contributed by atoms with Gasteiger partial charge in [-0.1, -0.05) is 245 Å². The molecule has 5 aliphatic carbocycles. The van der Waals surface area contributed by atoms with E-state index >= 15 is 0 Å². The van der Waals surface area contributed by atoms with Gasteiger partial charge in [0, 0.05) is 17.2 Å². The molecule has 77 heavy (non-hydrogen) atoms. The molecule has 0 amide bonds. The lowest BCUT2D eigenvalue weighted by molar-refractivity contribution is 0.360. The number of benzene rings is 10. The summed E-state index contributed by atoms with van der Waals surface area (Å²) >= 11 is -0.179. The Morgan fingerprint density at radius 1 is 0.377 bits per heavy atom. The predicted molar refractivity (Wildman–Crippen MR) is 323 cm³/mol. The van der Waals surface area contributed by atoms with E-state index in [0.29, 0.717) is 17.2 Å². The standard InChI is InChI=1S/C73H46INO2/c1-8-27-56-50(20-1)51-21-2-9-28-57(51)72(56)60-31-12-5-24-54(60)68-49(26-15-33-62(68)72)45-37-39-47(40-38-45)75(64-34-14-7-19-48(64)46-18-17-43-74-44-46)65-35-16-36-66-70(65)76-67-42-41-63-69(71(67)77-66)55-25-6-13-32-61(55)73(63)58-29-10-3-22-52(58)53-23-4-11-30-59(53)73/h1-44,48,64H. The quantitative estimate of drug-likeness (QED) is 0.160. The zero-order valence-corrected chi connectivity index (χ0v) is 43.9. The summed E-state index contributed by atoms with van der Waals surface area (Å²) in [5, 5.41) is 0. The molecular formula is C73H46INO2. The van der Waals surface area contributed by atoms with Crippen LogP contribution in [0.25, 0.3) is 55.6 Å². The first-order valence-corrected chi connectivity index (χ1v) is 29.2. The Kier molecular flexibility index (Phi) is 9.21. The molecule has 0 fully saturated rings. The van der Waals surface area contributed by atoms with E-state index in [9.17, 15) is 0 Å². The second-order valence-corrected chi connectivity index (χ2v) is 23.1. The number of hydrogen-bond donors (Lipinski definition) is 0. The Balaban J connectivity index is 0.811. The summed E-state index contributed by atoms with van der Waals surface area (Å²) in [7, 11) is 0. The first kappa shape index (κ1) is 43.4. The van der Waals surface area contributed by atoms with Crippen molar-refractivity contribution in [3.8, 4) is 78.6 Å². The second-order valence-electron chi connectivity index (χ2n) is 21.0. The van der Waals surface area contributed by atoms with Crippen molar-refractivity contribution in [1.82, 2.24) is 0 Å². The molecule has 2 spiro atoms. The van der Waals surface area contributed by atoms with Crippen LogP contribution in [0.1, 0.15) is 44.5 Å². The highest BCUT2D eigenvalue weighted by atomic mass is 127. The van der Waals surface area contributed by atoms with Crippen LogP contribution in [0.5, 0.6) is 23.0 Å². The Morgan fingerprint density at radius 2 is 0.857 bits per heavy atom. The van der Waals surface area contributed by atoms with E-state index in [-0.39, 0.29) is 32.7 Å². The maximum absolute atomic E-state index is 7.35. The van der Waals surface area contributed by atoms with Crippen molar-refractivity contribution in [2.75, 3.05) is 4.90 Å². The van der Waals surface area contributed by atoms with Gasteiger partial charge in [-0.2, -0.15) is 0 Å². The maximum atomic E-state index is 7.35. The molecule has 2 heterocycles. The van der Waals surface area contributed by atoms with E-state index in [1.807, 2.05) is 0 Å². The van der Waals surface area contributed by atoms with Crippen LogP contribution in [0.15, 0.2) is 265 Å². The fraction of sp³-hybridized carbons (Fsp3) is 0.0548. The average Bonchev–Trinajstić information content (AvgIpc) is 3.94. The third kappa shape index (κ3) is 5.73. The summed E-state index contributed by atoms with van der Waals surface area (Å²) in [5.41, 5.74) is 25.4. The van der Waals surface area contributed by atoms with Gasteiger partial charge in [-0.15, -0.1) is 0 Å². The lowest BCUT2D eigenvalue weighted by Crippen LogP contribution is -2.37. The van der Waals surface area contributed by atoms with Crippen molar-refractivity contribution in [2.45, 2.75) is 16.9 Å². The van der Waals surface area contributed by atoms with Crippen molar-refractivity contribution in [2.24, 2.45) is 5.92 Å². The molecule has 10 aromatic rings. The van der Waals surface area contributed by atoms with E-state index in [4.69, 9.17) is 9.47 Å². The highest BCUT2D eigenvalue weighted by molar-refractivity contribution is 14.2. The average molecular weight is 1100 g/mol. The molecule has 0 saturated heterocycles. The minimum Gasteiger partial charge on any atom is -0.449 e. The summed E-state index contributed by atoms with van der Waals surface area (Å²) in [4.78, 5) is 2.49. The van der Waals surface area contributed by atoms with Gasteiger partial charge in [-0.25, -0.2) is 0 Å². The summed E-state index contributed by atoms with van der Waals surface area (Å²) < 4.78 is 19.5. The van der Waals surface area contributed by atoms with Gasteiger partial charge in [-0.3, -0.25) is 0 Å². The first-order chi connectivity index (χ1) is 38.2. The largest absolute Gasteiger partial charge is 0.449 e. The van der Waals surface area contributed by atoms with Crippen molar-refractivity contribution in [1.29, 1.82) is 0 Å². The van der Waals surface area contributed by atoms with Crippen molar-refractivity contribution in [3.63, 3.8) is 0 Å².